The summed E-state index contributed by atoms with van der Waals surface area (Å²) in [4.78, 5) is 37.3. The highest BCUT2D eigenvalue weighted by atomic mass is 35.5. The Bertz CT molecular complexity index is 816. The summed E-state index contributed by atoms with van der Waals surface area (Å²) in [7, 11) is 0. The topological polar surface area (TPSA) is 72.9 Å². The van der Waals surface area contributed by atoms with Crippen molar-refractivity contribution >= 4 is 29.4 Å². The fourth-order valence-corrected chi connectivity index (χ4v) is 2.57. The van der Waals surface area contributed by atoms with E-state index in [1.807, 2.05) is 0 Å². The van der Waals surface area contributed by atoms with Crippen LogP contribution in [-0.2, 0) is 9.53 Å². The van der Waals surface area contributed by atoms with Crippen molar-refractivity contribution in [3.63, 3.8) is 0 Å². The Hall–Kier alpha value is -2.86. The predicted octanol–water partition coefficient (Wildman–Crippen LogP) is 2.90. The van der Waals surface area contributed by atoms with Gasteiger partial charge in [0, 0.05) is 5.02 Å². The van der Waals surface area contributed by atoms with E-state index in [1.54, 1.807) is 48.5 Å². The van der Waals surface area contributed by atoms with Crippen LogP contribution in [0.2, 0.25) is 5.02 Å². The maximum Gasteiger partial charge on any atom is 0.348 e. The first-order valence-corrected chi connectivity index (χ1v) is 7.89. The number of rotatable bonds is 5. The molecule has 2 amide bonds. The third-order valence-electron chi connectivity index (χ3n) is 3.65. The summed E-state index contributed by atoms with van der Waals surface area (Å²) in [6.07, 6.45) is -0.923. The van der Waals surface area contributed by atoms with Crippen molar-refractivity contribution in [3.8, 4) is 5.75 Å². The Morgan fingerprint density at radius 2 is 1.72 bits per heavy atom. The highest BCUT2D eigenvalue weighted by molar-refractivity contribution is 6.30. The Labute approximate surface area is 148 Å². The SMILES string of the molecule is CC(Oc1cccc(Cl)c1)C(=O)OCN1C(=O)c2ccccc2C1=O. The molecule has 0 saturated carbocycles. The lowest BCUT2D eigenvalue weighted by Gasteiger charge is -2.17. The first-order valence-electron chi connectivity index (χ1n) is 7.51. The van der Waals surface area contributed by atoms with E-state index >= 15 is 0 Å². The van der Waals surface area contributed by atoms with Crippen LogP contribution in [0, 0.1) is 0 Å². The van der Waals surface area contributed by atoms with E-state index in [4.69, 9.17) is 21.1 Å². The van der Waals surface area contributed by atoms with E-state index < -0.39 is 30.6 Å². The molecule has 25 heavy (non-hydrogen) atoms. The van der Waals surface area contributed by atoms with E-state index in [-0.39, 0.29) is 0 Å². The van der Waals surface area contributed by atoms with Crippen LogP contribution in [0.4, 0.5) is 0 Å². The van der Waals surface area contributed by atoms with Crippen molar-refractivity contribution in [2.75, 3.05) is 6.73 Å². The number of imide groups is 1. The van der Waals surface area contributed by atoms with Crippen molar-refractivity contribution in [2.45, 2.75) is 13.0 Å². The van der Waals surface area contributed by atoms with Crippen LogP contribution in [0.3, 0.4) is 0 Å². The lowest BCUT2D eigenvalue weighted by molar-refractivity contribution is -0.153. The van der Waals surface area contributed by atoms with E-state index in [0.29, 0.717) is 21.9 Å². The maximum atomic E-state index is 12.2. The first kappa shape index (κ1) is 17.0. The summed E-state index contributed by atoms with van der Waals surface area (Å²) in [6, 6.07) is 13.0. The van der Waals surface area contributed by atoms with Crippen molar-refractivity contribution < 1.29 is 23.9 Å². The molecule has 6 nitrogen and oxygen atoms in total. The average Bonchev–Trinajstić information content (AvgIpc) is 2.84. The number of amides is 2. The number of halogens is 1. The smallest absolute Gasteiger partial charge is 0.348 e. The highest BCUT2D eigenvalue weighted by Gasteiger charge is 2.36. The summed E-state index contributed by atoms with van der Waals surface area (Å²) in [5.41, 5.74) is 0.596. The van der Waals surface area contributed by atoms with Gasteiger partial charge in [-0.05, 0) is 37.3 Å². The van der Waals surface area contributed by atoms with Crippen LogP contribution in [0.15, 0.2) is 48.5 Å². The van der Waals surface area contributed by atoms with Crippen LogP contribution < -0.4 is 4.74 Å². The second-order valence-electron chi connectivity index (χ2n) is 5.39. The zero-order valence-corrected chi connectivity index (χ0v) is 14.0. The molecule has 1 atom stereocenters. The third kappa shape index (κ3) is 3.49. The fourth-order valence-electron chi connectivity index (χ4n) is 2.39. The van der Waals surface area contributed by atoms with E-state index in [1.165, 1.54) is 6.92 Å². The lowest BCUT2D eigenvalue weighted by Crippen LogP contribution is -2.36. The van der Waals surface area contributed by atoms with Crippen LogP contribution >= 0.6 is 11.6 Å². The summed E-state index contributed by atoms with van der Waals surface area (Å²) in [6.45, 7) is 1.04. The molecule has 3 rings (SSSR count). The Morgan fingerprint density at radius 3 is 2.32 bits per heavy atom. The molecule has 128 valence electrons. The van der Waals surface area contributed by atoms with Crippen molar-refractivity contribution in [2.24, 2.45) is 0 Å². The largest absolute Gasteiger partial charge is 0.479 e. The number of hydrogen-bond donors (Lipinski definition) is 0. The number of benzene rings is 2. The van der Waals surface area contributed by atoms with E-state index in [9.17, 15) is 14.4 Å². The number of fused-ring (bicyclic) bond motifs is 1. The third-order valence-corrected chi connectivity index (χ3v) is 3.89. The Kier molecular flexibility index (Phi) is 4.72. The molecule has 1 aliphatic rings. The van der Waals surface area contributed by atoms with Gasteiger partial charge in [-0.25, -0.2) is 9.69 Å². The van der Waals surface area contributed by atoms with E-state index in [0.717, 1.165) is 4.90 Å². The molecule has 1 unspecified atom stereocenters. The quantitative estimate of drug-likeness (QED) is 0.606. The molecule has 0 saturated heterocycles. The van der Waals surface area contributed by atoms with Gasteiger partial charge in [-0.2, -0.15) is 0 Å². The number of nitrogens with zero attached hydrogens (tertiary/aromatic N) is 1. The molecular weight excluding hydrogens is 346 g/mol. The predicted molar refractivity (Wildman–Crippen MR) is 89.4 cm³/mol. The number of ether oxygens (including phenoxy) is 2. The van der Waals surface area contributed by atoms with Gasteiger partial charge in [-0.1, -0.05) is 29.8 Å². The van der Waals surface area contributed by atoms with Crippen molar-refractivity contribution in [1.82, 2.24) is 4.90 Å². The highest BCUT2D eigenvalue weighted by Crippen LogP contribution is 2.22. The average molecular weight is 360 g/mol. The maximum absolute atomic E-state index is 12.2. The van der Waals surface area contributed by atoms with Gasteiger partial charge in [0.05, 0.1) is 11.1 Å². The molecule has 1 heterocycles. The van der Waals surface area contributed by atoms with Gasteiger partial charge in [-0.3, -0.25) is 9.59 Å². The minimum Gasteiger partial charge on any atom is -0.479 e. The first-order chi connectivity index (χ1) is 12.0. The molecule has 0 fully saturated rings. The fraction of sp³-hybridized carbons (Fsp3) is 0.167. The summed E-state index contributed by atoms with van der Waals surface area (Å²) >= 11 is 5.85. The number of esters is 1. The Balaban J connectivity index is 1.59. The van der Waals surface area contributed by atoms with Crippen LogP contribution in [0.25, 0.3) is 0 Å². The number of carbonyl (C=O) groups is 3. The normalized spacial score (nSPS) is 14.2. The van der Waals surface area contributed by atoms with Crippen LogP contribution in [0.5, 0.6) is 5.75 Å². The second-order valence-corrected chi connectivity index (χ2v) is 5.83. The standard InChI is InChI=1S/C18H14ClNO5/c1-11(25-13-6-4-5-12(19)9-13)18(23)24-10-20-16(21)14-7-2-3-8-15(14)17(20)22/h2-9,11H,10H2,1H3. The molecule has 7 heteroatoms. The summed E-state index contributed by atoms with van der Waals surface area (Å²) < 4.78 is 10.5. The molecule has 0 aromatic heterocycles. The molecule has 1 aliphatic heterocycles. The van der Waals surface area contributed by atoms with Crippen molar-refractivity contribution in [3.05, 3.63) is 64.7 Å². The minimum atomic E-state index is -0.923. The zero-order valence-electron chi connectivity index (χ0n) is 13.3. The van der Waals surface area contributed by atoms with Gasteiger partial charge in [0.1, 0.15) is 5.75 Å². The van der Waals surface area contributed by atoms with Crippen molar-refractivity contribution in [1.29, 1.82) is 0 Å². The molecule has 2 aromatic carbocycles. The molecular formula is C18H14ClNO5. The summed E-state index contributed by atoms with van der Waals surface area (Å²) in [5.74, 6) is -1.26. The second kappa shape index (κ2) is 6.94. The van der Waals surface area contributed by atoms with Gasteiger partial charge in [0.25, 0.3) is 11.8 Å². The van der Waals surface area contributed by atoms with Crippen LogP contribution in [0.1, 0.15) is 27.6 Å². The van der Waals surface area contributed by atoms with Gasteiger partial charge < -0.3 is 9.47 Å². The number of hydrogen-bond acceptors (Lipinski definition) is 5. The number of carbonyl (C=O) groups excluding carboxylic acids is 3. The molecule has 0 radical (unpaired) electrons. The van der Waals surface area contributed by atoms with Gasteiger partial charge in [0.15, 0.2) is 12.8 Å². The van der Waals surface area contributed by atoms with Gasteiger partial charge in [-0.15, -0.1) is 0 Å². The zero-order chi connectivity index (χ0) is 18.0. The molecule has 0 aliphatic carbocycles. The molecule has 0 N–H and O–H groups in total. The van der Waals surface area contributed by atoms with Gasteiger partial charge in [0.2, 0.25) is 0 Å². The van der Waals surface area contributed by atoms with E-state index in [2.05, 4.69) is 0 Å². The Morgan fingerprint density at radius 1 is 1.08 bits per heavy atom. The summed E-state index contributed by atoms with van der Waals surface area (Å²) in [5, 5.41) is 0.476. The monoisotopic (exact) mass is 359 g/mol. The minimum absolute atomic E-state index is 0.298. The van der Waals surface area contributed by atoms with Crippen LogP contribution in [-0.4, -0.2) is 35.5 Å². The molecule has 0 bridgehead atoms. The molecule has 2 aromatic rings. The van der Waals surface area contributed by atoms with Gasteiger partial charge >= 0.3 is 5.97 Å². The molecule has 0 spiro atoms. The lowest BCUT2D eigenvalue weighted by atomic mass is 10.1.